The fourth-order valence-corrected chi connectivity index (χ4v) is 8.97. The first-order valence-electron chi connectivity index (χ1n) is 21.0. The number of pyridine rings is 4. The molecule has 0 unspecified atom stereocenters. The molecule has 288 valence electrons. The molecule has 0 amide bonds. The van der Waals surface area contributed by atoms with Crippen molar-refractivity contribution < 1.29 is 0 Å². The molecular weight excluding hydrogens is 753 g/mol. The first-order valence-corrected chi connectivity index (χ1v) is 21.0. The molecule has 4 heteroatoms. The minimum atomic E-state index is 0.835. The minimum Gasteiger partial charge on any atom is -0.246 e. The van der Waals surface area contributed by atoms with E-state index < -0.39 is 0 Å². The summed E-state index contributed by atoms with van der Waals surface area (Å²) in [4.78, 5) is 21.3. The third-order valence-corrected chi connectivity index (χ3v) is 12.0. The van der Waals surface area contributed by atoms with Crippen molar-refractivity contribution >= 4 is 54.3 Å². The molecule has 4 nitrogen and oxygen atoms in total. The molecule has 62 heavy (non-hydrogen) atoms. The van der Waals surface area contributed by atoms with Crippen LogP contribution >= 0.6 is 0 Å². The lowest BCUT2D eigenvalue weighted by Crippen LogP contribution is -1.94. The van der Waals surface area contributed by atoms with E-state index in [1.807, 2.05) is 0 Å². The summed E-state index contributed by atoms with van der Waals surface area (Å²) in [7, 11) is 0. The van der Waals surface area contributed by atoms with Crippen molar-refractivity contribution in [2.75, 3.05) is 0 Å². The second-order valence-electron chi connectivity index (χ2n) is 15.8. The highest BCUT2D eigenvalue weighted by molar-refractivity contribution is 6.18. The highest BCUT2D eigenvalue weighted by Gasteiger charge is 2.16. The smallest absolute Gasteiger partial charge is 0.0972 e. The van der Waals surface area contributed by atoms with Crippen molar-refractivity contribution in [1.82, 2.24) is 19.9 Å². The second-order valence-corrected chi connectivity index (χ2v) is 15.8. The third-order valence-electron chi connectivity index (χ3n) is 12.0. The van der Waals surface area contributed by atoms with E-state index in [0.29, 0.717) is 0 Å². The first-order chi connectivity index (χ1) is 30.7. The van der Waals surface area contributed by atoms with Crippen LogP contribution in [0.5, 0.6) is 0 Å². The summed E-state index contributed by atoms with van der Waals surface area (Å²) in [6.07, 6.45) is 0. The SMILES string of the molecule is c1ccc(-c2ccc(-c3ccc4ccc5ccc(-c6cccc(-c7cccc(-c8nc9c%10ccccc%10ccc9c9ccccc89)n7)c6)nc5c4n3)cc2-c2ccccc2)cc1. The highest BCUT2D eigenvalue weighted by atomic mass is 14.8. The van der Waals surface area contributed by atoms with Gasteiger partial charge in [-0.3, -0.25) is 0 Å². The summed E-state index contributed by atoms with van der Waals surface area (Å²) in [5, 5.41) is 7.79. The molecule has 0 radical (unpaired) electrons. The third kappa shape index (κ3) is 6.16. The number of aromatic nitrogens is 4. The van der Waals surface area contributed by atoms with Gasteiger partial charge in [0.15, 0.2) is 0 Å². The molecule has 0 spiro atoms. The maximum Gasteiger partial charge on any atom is 0.0972 e. The molecule has 0 atom stereocenters. The molecule has 0 saturated heterocycles. The summed E-state index contributed by atoms with van der Waals surface area (Å²) in [5.41, 5.74) is 14.9. The van der Waals surface area contributed by atoms with E-state index in [9.17, 15) is 0 Å². The van der Waals surface area contributed by atoms with Gasteiger partial charge >= 0.3 is 0 Å². The van der Waals surface area contributed by atoms with Gasteiger partial charge in [0.25, 0.3) is 0 Å². The van der Waals surface area contributed by atoms with Crippen LogP contribution in [0.3, 0.4) is 0 Å². The molecule has 0 aliphatic carbocycles. The van der Waals surface area contributed by atoms with Gasteiger partial charge in [0.2, 0.25) is 0 Å². The van der Waals surface area contributed by atoms with E-state index in [1.54, 1.807) is 0 Å². The number of rotatable bonds is 6. The Morgan fingerprint density at radius 1 is 0.226 bits per heavy atom. The Hall–Kier alpha value is -8.34. The Labute approximate surface area is 358 Å². The fourth-order valence-electron chi connectivity index (χ4n) is 8.97. The van der Waals surface area contributed by atoms with Crippen LogP contribution in [-0.2, 0) is 0 Å². The summed E-state index contributed by atoms with van der Waals surface area (Å²) >= 11 is 0. The van der Waals surface area contributed by atoms with Gasteiger partial charge in [-0.15, -0.1) is 0 Å². The van der Waals surface area contributed by atoms with Gasteiger partial charge in [-0.2, -0.15) is 0 Å². The van der Waals surface area contributed by atoms with Gasteiger partial charge < -0.3 is 0 Å². The Kier molecular flexibility index (Phi) is 8.46. The van der Waals surface area contributed by atoms with E-state index in [1.165, 1.54) is 33.0 Å². The average Bonchev–Trinajstić information content (AvgIpc) is 3.36. The molecule has 0 aliphatic rings. The van der Waals surface area contributed by atoms with Gasteiger partial charge in [-0.05, 0) is 69.4 Å². The van der Waals surface area contributed by atoms with E-state index in [2.05, 4.69) is 218 Å². The van der Waals surface area contributed by atoms with Gasteiger partial charge in [0.05, 0.1) is 45.0 Å². The molecule has 0 bridgehead atoms. The van der Waals surface area contributed by atoms with Crippen LogP contribution in [0.2, 0.25) is 0 Å². The zero-order valence-electron chi connectivity index (χ0n) is 33.6. The van der Waals surface area contributed by atoms with Crippen LogP contribution in [0.1, 0.15) is 0 Å². The zero-order chi connectivity index (χ0) is 41.0. The van der Waals surface area contributed by atoms with Crippen LogP contribution in [-0.4, -0.2) is 19.9 Å². The lowest BCUT2D eigenvalue weighted by molar-refractivity contribution is 1.29. The quantitative estimate of drug-likeness (QED) is 0.158. The number of benzene rings is 8. The van der Waals surface area contributed by atoms with Crippen molar-refractivity contribution in [3.63, 3.8) is 0 Å². The average molecular weight is 789 g/mol. The maximum absolute atomic E-state index is 5.34. The van der Waals surface area contributed by atoms with Crippen molar-refractivity contribution in [3.05, 3.63) is 218 Å². The van der Waals surface area contributed by atoms with Gasteiger partial charge in [0.1, 0.15) is 0 Å². The van der Waals surface area contributed by atoms with Crippen molar-refractivity contribution in [1.29, 1.82) is 0 Å². The van der Waals surface area contributed by atoms with E-state index in [0.717, 1.165) is 88.6 Å². The second kappa shape index (κ2) is 14.7. The molecule has 0 N–H and O–H groups in total. The lowest BCUT2D eigenvalue weighted by atomic mass is 9.92. The Balaban J connectivity index is 0.936. The standard InChI is InChI=1S/C58H36N4/c1-3-13-37(14-4-1)45-31-28-44(36-50(45)38-15-5-2-6-16-38)53-34-30-41-26-25-40-29-33-52(60-55(40)56(41)61-53)43-19-11-18-42(35-43)51-23-12-24-54(59-51)58-48-22-10-9-21-47(48)49-32-27-39-17-7-8-20-46(39)57(49)62-58/h1-36H. The fraction of sp³-hybridized carbons (Fsp3) is 0. The van der Waals surface area contributed by atoms with Gasteiger partial charge in [-0.25, -0.2) is 19.9 Å². The molecule has 12 rings (SSSR count). The van der Waals surface area contributed by atoms with Crippen molar-refractivity contribution in [2.45, 2.75) is 0 Å². The summed E-state index contributed by atoms with van der Waals surface area (Å²) in [6.45, 7) is 0. The Morgan fingerprint density at radius 2 is 0.742 bits per heavy atom. The zero-order valence-corrected chi connectivity index (χ0v) is 33.6. The lowest BCUT2D eigenvalue weighted by Gasteiger charge is -2.14. The predicted octanol–water partition coefficient (Wildman–Crippen LogP) is 15.0. The predicted molar refractivity (Wildman–Crippen MR) is 258 cm³/mol. The molecule has 4 heterocycles. The first kappa shape index (κ1) is 35.6. The Bertz CT molecular complexity index is 3690. The number of hydrogen-bond donors (Lipinski definition) is 0. The number of fused-ring (bicyclic) bond motifs is 8. The van der Waals surface area contributed by atoms with E-state index >= 15 is 0 Å². The van der Waals surface area contributed by atoms with Crippen LogP contribution in [0.15, 0.2) is 218 Å². The highest BCUT2D eigenvalue weighted by Crippen LogP contribution is 2.38. The molecule has 12 aromatic rings. The van der Waals surface area contributed by atoms with Gasteiger partial charge in [0, 0.05) is 43.6 Å². The van der Waals surface area contributed by atoms with Crippen molar-refractivity contribution in [2.24, 2.45) is 0 Å². The number of hydrogen-bond acceptors (Lipinski definition) is 4. The summed E-state index contributed by atoms with van der Waals surface area (Å²) in [5.74, 6) is 0. The largest absolute Gasteiger partial charge is 0.246 e. The molecule has 0 fully saturated rings. The van der Waals surface area contributed by atoms with Crippen LogP contribution < -0.4 is 0 Å². The molecule has 0 aliphatic heterocycles. The normalized spacial score (nSPS) is 11.5. The molecule has 4 aromatic heterocycles. The Morgan fingerprint density at radius 3 is 1.45 bits per heavy atom. The molecule has 0 saturated carbocycles. The molecule has 8 aromatic carbocycles. The van der Waals surface area contributed by atoms with E-state index in [-0.39, 0.29) is 0 Å². The van der Waals surface area contributed by atoms with Crippen LogP contribution in [0.25, 0.3) is 122 Å². The van der Waals surface area contributed by atoms with Gasteiger partial charge in [-0.1, -0.05) is 182 Å². The van der Waals surface area contributed by atoms with Crippen LogP contribution in [0, 0.1) is 0 Å². The molecular formula is C58H36N4. The maximum atomic E-state index is 5.34. The summed E-state index contributed by atoms with van der Waals surface area (Å²) < 4.78 is 0. The minimum absolute atomic E-state index is 0.835. The van der Waals surface area contributed by atoms with Crippen LogP contribution in [0.4, 0.5) is 0 Å². The summed E-state index contributed by atoms with van der Waals surface area (Å²) in [6, 6.07) is 76.7. The topological polar surface area (TPSA) is 51.6 Å². The van der Waals surface area contributed by atoms with E-state index in [4.69, 9.17) is 19.9 Å². The number of nitrogens with zero attached hydrogens (tertiary/aromatic N) is 4. The monoisotopic (exact) mass is 788 g/mol. The van der Waals surface area contributed by atoms with Crippen molar-refractivity contribution in [3.8, 4) is 67.4 Å².